The number of carboxylic acid groups (broad SMARTS) is 1. The van der Waals surface area contributed by atoms with E-state index in [1.54, 1.807) is 29.4 Å². The molecule has 1 aromatic rings. The van der Waals surface area contributed by atoms with Crippen molar-refractivity contribution in [3.8, 4) is 0 Å². The lowest BCUT2D eigenvalue weighted by molar-refractivity contribution is -0.165. The van der Waals surface area contributed by atoms with Crippen LogP contribution in [0.5, 0.6) is 0 Å². The molecule has 1 unspecified atom stereocenters. The number of carbonyl (C=O) groups is 2. The third-order valence-electron chi connectivity index (χ3n) is 4.44. The highest BCUT2D eigenvalue weighted by Crippen LogP contribution is 2.62. The van der Waals surface area contributed by atoms with Crippen LogP contribution in [0.1, 0.15) is 13.3 Å². The smallest absolute Gasteiger partial charge is 0.355 e. The van der Waals surface area contributed by atoms with E-state index in [9.17, 15) is 14.7 Å². The van der Waals surface area contributed by atoms with E-state index in [4.69, 9.17) is 4.43 Å². The fraction of sp³-hybridized carbons (Fsp3) is 0.471. The van der Waals surface area contributed by atoms with Gasteiger partial charge in [-0.15, -0.1) is 6.58 Å². The Kier molecular flexibility index (Phi) is 4.66. The average molecular weight is 394 g/mol. The highest BCUT2D eigenvalue weighted by atomic mass is 32.2. The number of hydrogen-bond donors (Lipinski definition) is 1. The van der Waals surface area contributed by atoms with Crippen molar-refractivity contribution in [2.75, 3.05) is 0 Å². The molecule has 0 aliphatic carbocycles. The molecule has 26 heavy (non-hydrogen) atoms. The first-order valence-corrected chi connectivity index (χ1v) is 12.6. The zero-order valence-corrected chi connectivity index (χ0v) is 17.1. The van der Waals surface area contributed by atoms with Crippen LogP contribution < -0.4 is 0 Å². The Morgan fingerprint density at radius 2 is 2.27 bits per heavy atom. The normalized spacial score (nSPS) is 26.5. The molecule has 0 radical (unpaired) electrons. The average Bonchev–Trinajstić information content (AvgIpc) is 3.10. The monoisotopic (exact) mass is 393 g/mol. The van der Waals surface area contributed by atoms with E-state index in [1.807, 2.05) is 6.92 Å². The quantitative estimate of drug-likeness (QED) is 0.436. The van der Waals surface area contributed by atoms with Crippen molar-refractivity contribution in [2.45, 2.75) is 44.0 Å². The van der Waals surface area contributed by atoms with Crippen molar-refractivity contribution in [1.29, 1.82) is 0 Å². The van der Waals surface area contributed by atoms with Crippen molar-refractivity contribution in [1.82, 2.24) is 14.5 Å². The van der Waals surface area contributed by atoms with Crippen LogP contribution in [0.3, 0.4) is 0 Å². The molecule has 3 heterocycles. The van der Waals surface area contributed by atoms with Gasteiger partial charge in [0, 0.05) is 12.4 Å². The van der Waals surface area contributed by atoms with E-state index in [1.165, 1.54) is 16.7 Å². The van der Waals surface area contributed by atoms with Crippen LogP contribution in [-0.4, -0.2) is 50.7 Å². The first-order valence-electron chi connectivity index (χ1n) is 8.40. The number of aromatic nitrogens is 2. The lowest BCUT2D eigenvalue weighted by Crippen LogP contribution is -2.70. The van der Waals surface area contributed by atoms with Crippen LogP contribution in [0.4, 0.5) is 0 Å². The van der Waals surface area contributed by atoms with Gasteiger partial charge in [-0.1, -0.05) is 17.8 Å². The Hall–Kier alpha value is -1.84. The Labute approximate surface area is 157 Å². The van der Waals surface area contributed by atoms with Crippen molar-refractivity contribution >= 4 is 37.0 Å². The van der Waals surface area contributed by atoms with Gasteiger partial charge < -0.3 is 9.53 Å². The molecule has 9 heteroatoms. The molecule has 0 aromatic carbocycles. The lowest BCUT2D eigenvalue weighted by Gasteiger charge is -2.55. The second kappa shape index (κ2) is 6.40. The van der Waals surface area contributed by atoms with Gasteiger partial charge in [-0.3, -0.25) is 14.3 Å². The molecule has 1 amide bonds. The fourth-order valence-corrected chi connectivity index (χ4v) is 6.68. The number of carbonyl (C=O) groups excluding carboxylic acids is 1. The number of fused-ring (bicyclic) bond motifs is 1. The number of nitrogens with zero attached hydrogens (tertiary/aromatic N) is 3. The van der Waals surface area contributed by atoms with Crippen LogP contribution in [0.25, 0.3) is 5.03 Å². The molecule has 1 fully saturated rings. The molecular formula is C17H23N3O4SSi. The van der Waals surface area contributed by atoms with Crippen molar-refractivity contribution in [3.05, 3.63) is 37.1 Å². The highest BCUT2D eigenvalue weighted by Gasteiger charge is 2.68. The van der Waals surface area contributed by atoms with Gasteiger partial charge >= 0.3 is 5.97 Å². The molecule has 1 saturated heterocycles. The first kappa shape index (κ1) is 18.9. The highest BCUT2D eigenvalue weighted by molar-refractivity contribution is 8.09. The van der Waals surface area contributed by atoms with Gasteiger partial charge in [-0.25, -0.2) is 9.78 Å². The summed E-state index contributed by atoms with van der Waals surface area (Å²) >= 11 is 1.38. The zero-order valence-electron chi connectivity index (χ0n) is 15.3. The molecular weight excluding hydrogens is 370 g/mol. The number of amides is 1. The lowest BCUT2D eigenvalue weighted by atomic mass is 9.80. The summed E-state index contributed by atoms with van der Waals surface area (Å²) in [5, 5.41) is 10.3. The Morgan fingerprint density at radius 1 is 1.58 bits per heavy atom. The summed E-state index contributed by atoms with van der Waals surface area (Å²) in [4.78, 5) is 29.6. The number of rotatable bonds is 7. The van der Waals surface area contributed by atoms with Crippen molar-refractivity contribution < 1.29 is 19.1 Å². The van der Waals surface area contributed by atoms with Gasteiger partial charge in [0.25, 0.3) is 0 Å². The standard InChI is InChI=1S/C17H23N3O4SSi/c1-6-7-17-12(11(2)24-26(3,4)5)14(21)20(17)13(16(22)23)15(25-17)19-9-8-18-10-19/h6,8-12H,1,7H2,2-5H3,(H,22,23)/t11?,12-,17+/m0/s1. The molecule has 2 aliphatic rings. The molecule has 0 saturated carbocycles. The number of aliphatic carboxylic acids is 1. The molecule has 3 atom stereocenters. The SMILES string of the molecule is C=CC[C@]12SC(n3ccnc3)=C(C(=O)O)N1C(=O)[C@@H]2C(C)O[Si](C)(C)C. The molecule has 7 nitrogen and oxygen atoms in total. The molecule has 1 N–H and O–H groups in total. The molecule has 0 spiro atoms. The van der Waals surface area contributed by atoms with Gasteiger partial charge in [0.2, 0.25) is 5.91 Å². The van der Waals surface area contributed by atoms with Crippen LogP contribution >= 0.6 is 11.8 Å². The summed E-state index contributed by atoms with van der Waals surface area (Å²) in [6.07, 6.45) is 6.72. The largest absolute Gasteiger partial charge is 0.476 e. The van der Waals surface area contributed by atoms with Gasteiger partial charge in [0.05, 0.1) is 18.3 Å². The molecule has 2 aliphatic heterocycles. The minimum absolute atomic E-state index is 0.00342. The predicted molar refractivity (Wildman–Crippen MR) is 102 cm³/mol. The van der Waals surface area contributed by atoms with Crippen LogP contribution in [-0.2, 0) is 14.0 Å². The number of imidazole rings is 1. The topological polar surface area (TPSA) is 84.7 Å². The Bertz CT molecular complexity index is 786. The van der Waals surface area contributed by atoms with E-state index in [0.717, 1.165) is 0 Å². The third-order valence-corrected chi connectivity index (χ3v) is 7.07. The maximum Gasteiger partial charge on any atom is 0.355 e. The van der Waals surface area contributed by atoms with E-state index < -0.39 is 25.1 Å². The minimum atomic E-state index is -1.85. The number of thioether (sulfide) groups is 1. The number of carboxylic acids is 1. The van der Waals surface area contributed by atoms with Crippen LogP contribution in [0.15, 0.2) is 37.1 Å². The summed E-state index contributed by atoms with van der Waals surface area (Å²) in [7, 11) is -1.85. The molecule has 140 valence electrons. The van der Waals surface area contributed by atoms with Crippen molar-refractivity contribution in [2.24, 2.45) is 5.92 Å². The van der Waals surface area contributed by atoms with Crippen LogP contribution in [0, 0.1) is 5.92 Å². The van der Waals surface area contributed by atoms with Gasteiger partial charge in [-0.2, -0.15) is 0 Å². The number of hydrogen-bond acceptors (Lipinski definition) is 5. The van der Waals surface area contributed by atoms with Gasteiger partial charge in [-0.05, 0) is 33.0 Å². The zero-order chi connectivity index (χ0) is 19.3. The van der Waals surface area contributed by atoms with E-state index in [2.05, 4.69) is 31.2 Å². The second-order valence-electron chi connectivity index (χ2n) is 7.46. The summed E-state index contributed by atoms with van der Waals surface area (Å²) in [6.45, 7) is 11.9. The molecule has 0 bridgehead atoms. The van der Waals surface area contributed by atoms with E-state index in [-0.39, 0.29) is 17.7 Å². The van der Waals surface area contributed by atoms with Gasteiger partial charge in [0.1, 0.15) is 9.90 Å². The van der Waals surface area contributed by atoms with Crippen molar-refractivity contribution in [3.63, 3.8) is 0 Å². The van der Waals surface area contributed by atoms with Crippen LogP contribution in [0.2, 0.25) is 19.6 Å². The second-order valence-corrected chi connectivity index (χ2v) is 13.2. The summed E-state index contributed by atoms with van der Waals surface area (Å²) < 4.78 is 7.82. The summed E-state index contributed by atoms with van der Waals surface area (Å²) in [5.41, 5.74) is -0.00342. The van der Waals surface area contributed by atoms with Gasteiger partial charge in [0.15, 0.2) is 14.0 Å². The Morgan fingerprint density at radius 3 is 2.77 bits per heavy atom. The van der Waals surface area contributed by atoms with E-state index in [0.29, 0.717) is 11.4 Å². The number of β-lactam (4-membered cyclic amide) rings is 1. The van der Waals surface area contributed by atoms with E-state index >= 15 is 0 Å². The maximum absolute atomic E-state index is 13.0. The predicted octanol–water partition coefficient (Wildman–Crippen LogP) is 2.81. The summed E-state index contributed by atoms with van der Waals surface area (Å²) in [5.74, 6) is -1.76. The first-order chi connectivity index (χ1) is 12.1. The summed E-state index contributed by atoms with van der Waals surface area (Å²) in [6, 6.07) is 0. The minimum Gasteiger partial charge on any atom is -0.476 e. The Balaban J connectivity index is 2.03. The maximum atomic E-state index is 13.0. The third kappa shape index (κ3) is 2.83. The molecule has 1 aromatic heterocycles. The fourth-order valence-electron chi connectivity index (χ4n) is 3.71. The molecule has 3 rings (SSSR count).